The minimum absolute atomic E-state index is 0.244. The van der Waals surface area contributed by atoms with Gasteiger partial charge in [0.25, 0.3) is 0 Å². The number of aromatic nitrogens is 2. The van der Waals surface area contributed by atoms with Crippen LogP contribution in [0.3, 0.4) is 0 Å². The molecule has 0 saturated heterocycles. The van der Waals surface area contributed by atoms with E-state index in [4.69, 9.17) is 0 Å². The molecule has 2 heterocycles. The van der Waals surface area contributed by atoms with Crippen molar-refractivity contribution in [3.63, 3.8) is 0 Å². The molecule has 118 heavy (non-hydrogen) atoms. The highest BCUT2D eigenvalue weighted by molar-refractivity contribution is 6.23. The summed E-state index contributed by atoms with van der Waals surface area (Å²) in [6.45, 7) is 0. The van der Waals surface area contributed by atoms with Crippen LogP contribution in [0, 0.1) is 11.6 Å². The Kier molecular flexibility index (Phi) is 18.0. The predicted molar refractivity (Wildman–Crippen MR) is 493 cm³/mol. The number of hydrogen-bond acceptors (Lipinski definition) is 2. The van der Waals surface area contributed by atoms with Gasteiger partial charge in [0.2, 0.25) is 0 Å². The SMILES string of the molecule is Fc1cccc(-n2c3ccccc3c3cc(-c4ccc(N(c5ccccc5)c5ccc(-c6c7ccccc7c(-c7ccccc7)c7ccccc67)cc5)cc4)ccc32)c1.Fc1ccccc1-n1c2ccccc2c2cc(-c3ccc(N(c4ccccc4)c4ccc(-c5c6ccccc6c(-c6ccccc6)c6ccccc56)cc4)cc3)ccc21. The largest absolute Gasteiger partial charge is 0.311 e. The zero-order chi connectivity index (χ0) is 78.6. The molecule has 6 heteroatoms. The molecule has 0 atom stereocenters. The fraction of sp³-hybridized carbons (Fsp3) is 0. The molecule has 556 valence electrons. The van der Waals surface area contributed by atoms with Gasteiger partial charge in [-0.05, 0) is 249 Å². The lowest BCUT2D eigenvalue weighted by Crippen LogP contribution is -2.09. The Morgan fingerprint density at radius 2 is 0.441 bits per heavy atom. The van der Waals surface area contributed by atoms with Crippen LogP contribution in [-0.2, 0) is 0 Å². The van der Waals surface area contributed by atoms with Crippen molar-refractivity contribution in [2.45, 2.75) is 0 Å². The average molecular weight is 1510 g/mol. The molecule has 4 nitrogen and oxygen atoms in total. The van der Waals surface area contributed by atoms with Crippen molar-refractivity contribution in [2.75, 3.05) is 9.80 Å². The summed E-state index contributed by atoms with van der Waals surface area (Å²) in [7, 11) is 0. The number of rotatable bonds is 14. The Hall–Kier alpha value is -15.5. The van der Waals surface area contributed by atoms with Crippen LogP contribution in [0.25, 0.3) is 165 Å². The number of halogens is 2. The highest BCUT2D eigenvalue weighted by Crippen LogP contribution is 2.49. The van der Waals surface area contributed by atoms with Crippen LogP contribution in [0.15, 0.2) is 449 Å². The Morgan fingerprint density at radius 3 is 0.805 bits per heavy atom. The molecule has 0 radical (unpaired) electrons. The standard InChI is InChI=1S/2C56H37FN2/c57-51-24-12-14-26-54(51)59-52-25-13-11-19-45(52)50-37-41(31-36-53(50)59)38-27-32-43(33-28-38)58(42-17-5-2-6-18-42)44-34-29-40(30-35-44)56-48-22-9-7-20-46(48)55(39-15-3-1-4-16-39)47-21-8-10-23-49(47)56;57-42-16-13-19-46(37-42)59-53-25-12-11-20-47(53)52-36-41(30-35-54(52)59)38-26-31-44(32-27-38)58(43-17-5-2-6-18-43)45-33-28-40(29-34-45)56-50-23-9-7-21-48(50)55(39-14-3-1-4-15-39)49-22-8-10-24-51(49)56/h2*1-37H. The number of benzene rings is 20. The lowest BCUT2D eigenvalue weighted by Gasteiger charge is -2.26. The minimum atomic E-state index is -0.248. The summed E-state index contributed by atoms with van der Waals surface area (Å²) in [5.41, 5.74) is 26.2. The Bertz CT molecular complexity index is 7420. The summed E-state index contributed by atoms with van der Waals surface area (Å²) < 4.78 is 33.7. The lowest BCUT2D eigenvalue weighted by atomic mass is 9.86. The maximum Gasteiger partial charge on any atom is 0.147 e. The maximum absolute atomic E-state index is 15.2. The molecule has 0 saturated carbocycles. The van der Waals surface area contributed by atoms with Crippen molar-refractivity contribution in [2.24, 2.45) is 0 Å². The highest BCUT2D eigenvalue weighted by Gasteiger charge is 2.24. The third-order valence-corrected chi connectivity index (χ3v) is 23.3. The molecule has 20 aromatic carbocycles. The van der Waals surface area contributed by atoms with Gasteiger partial charge in [0.15, 0.2) is 0 Å². The van der Waals surface area contributed by atoms with Gasteiger partial charge in [-0.25, -0.2) is 8.78 Å². The van der Waals surface area contributed by atoms with E-state index in [0.29, 0.717) is 5.69 Å². The van der Waals surface area contributed by atoms with Crippen LogP contribution >= 0.6 is 0 Å². The lowest BCUT2D eigenvalue weighted by molar-refractivity contribution is 0.621. The first-order valence-electron chi connectivity index (χ1n) is 40.1. The third-order valence-electron chi connectivity index (χ3n) is 23.3. The van der Waals surface area contributed by atoms with Crippen LogP contribution in [0.4, 0.5) is 42.9 Å². The third kappa shape index (κ3) is 12.6. The number of anilines is 6. The second-order valence-electron chi connectivity index (χ2n) is 30.0. The van der Waals surface area contributed by atoms with Gasteiger partial charge < -0.3 is 18.9 Å². The van der Waals surface area contributed by atoms with Crippen molar-refractivity contribution >= 4 is 121 Å². The van der Waals surface area contributed by atoms with Crippen LogP contribution in [-0.4, -0.2) is 9.13 Å². The maximum atomic E-state index is 15.2. The van der Waals surface area contributed by atoms with E-state index in [0.717, 1.165) is 106 Å². The van der Waals surface area contributed by atoms with Crippen molar-refractivity contribution in [1.82, 2.24) is 9.13 Å². The summed E-state index contributed by atoms with van der Waals surface area (Å²) in [6.07, 6.45) is 0. The summed E-state index contributed by atoms with van der Waals surface area (Å²) in [5, 5.41) is 14.4. The van der Waals surface area contributed by atoms with Gasteiger partial charge >= 0.3 is 0 Å². The first kappa shape index (κ1) is 70.4. The summed E-state index contributed by atoms with van der Waals surface area (Å²) in [5.74, 6) is -0.492. The van der Waals surface area contributed by atoms with Gasteiger partial charge in [-0.2, -0.15) is 0 Å². The summed E-state index contributed by atoms with van der Waals surface area (Å²) in [4.78, 5) is 4.63. The molecular formula is C112H74F2N4. The molecule has 22 rings (SSSR count). The van der Waals surface area contributed by atoms with Crippen molar-refractivity contribution in [3.05, 3.63) is 461 Å². The normalized spacial score (nSPS) is 11.5. The quantitative estimate of drug-likeness (QED) is 0.101. The van der Waals surface area contributed by atoms with Crippen LogP contribution in [0.2, 0.25) is 0 Å². The van der Waals surface area contributed by atoms with E-state index < -0.39 is 0 Å². The Morgan fingerprint density at radius 1 is 0.169 bits per heavy atom. The zero-order valence-electron chi connectivity index (χ0n) is 64.3. The molecule has 0 bridgehead atoms. The van der Waals surface area contributed by atoms with Gasteiger partial charge in [-0.3, -0.25) is 0 Å². The van der Waals surface area contributed by atoms with E-state index in [1.807, 2.05) is 41.0 Å². The first-order chi connectivity index (χ1) is 58.4. The fourth-order valence-corrected chi connectivity index (χ4v) is 18.0. The second kappa shape index (κ2) is 30.1. The van der Waals surface area contributed by atoms with Crippen LogP contribution < -0.4 is 9.80 Å². The van der Waals surface area contributed by atoms with Gasteiger partial charge in [-0.15, -0.1) is 0 Å². The fourth-order valence-electron chi connectivity index (χ4n) is 18.0. The smallest absolute Gasteiger partial charge is 0.147 e. The summed E-state index contributed by atoms with van der Waals surface area (Å²) >= 11 is 0. The molecular weight excluding hydrogens is 1440 g/mol. The van der Waals surface area contributed by atoms with E-state index in [2.05, 4.69) is 397 Å². The van der Waals surface area contributed by atoms with Crippen molar-refractivity contribution in [3.8, 4) is 78.1 Å². The van der Waals surface area contributed by atoms with Crippen LogP contribution in [0.1, 0.15) is 0 Å². The molecule has 22 aromatic rings. The zero-order valence-corrected chi connectivity index (χ0v) is 64.3. The van der Waals surface area contributed by atoms with Gasteiger partial charge in [0.05, 0.1) is 27.8 Å². The highest BCUT2D eigenvalue weighted by atomic mass is 19.1. The van der Waals surface area contributed by atoms with E-state index in [9.17, 15) is 4.39 Å². The molecule has 0 spiro atoms. The second-order valence-corrected chi connectivity index (χ2v) is 30.0. The molecule has 0 fully saturated rings. The molecule has 2 aromatic heterocycles. The number of fused-ring (bicyclic) bond motifs is 10. The van der Waals surface area contributed by atoms with Crippen molar-refractivity contribution in [1.29, 1.82) is 0 Å². The molecule has 0 unspecified atom stereocenters. The molecule has 0 aliphatic rings. The Balaban J connectivity index is 0.000000147. The first-order valence-corrected chi connectivity index (χ1v) is 40.1. The number of para-hydroxylation sites is 5. The summed E-state index contributed by atoms with van der Waals surface area (Å²) in [6, 6.07) is 157. The van der Waals surface area contributed by atoms with Crippen LogP contribution in [0.5, 0.6) is 0 Å². The molecule has 0 N–H and O–H groups in total. The Labute approximate surface area is 682 Å². The van der Waals surface area contributed by atoms with E-state index >= 15 is 4.39 Å². The van der Waals surface area contributed by atoms with Crippen molar-refractivity contribution < 1.29 is 8.78 Å². The molecule has 0 aliphatic carbocycles. The predicted octanol–water partition coefficient (Wildman–Crippen LogP) is 31.4. The number of hydrogen-bond donors (Lipinski definition) is 0. The molecule has 0 aliphatic heterocycles. The van der Waals surface area contributed by atoms with Gasteiger partial charge in [-0.1, -0.05) is 309 Å². The van der Waals surface area contributed by atoms with E-state index in [1.54, 1.807) is 18.2 Å². The van der Waals surface area contributed by atoms with E-state index in [1.165, 1.54) is 99.7 Å². The topological polar surface area (TPSA) is 16.3 Å². The average Bonchev–Trinajstić information content (AvgIpc) is 0.829. The number of nitrogens with zero attached hydrogens (tertiary/aromatic N) is 4. The van der Waals surface area contributed by atoms with Gasteiger partial charge in [0.1, 0.15) is 11.6 Å². The van der Waals surface area contributed by atoms with E-state index in [-0.39, 0.29) is 11.6 Å². The monoisotopic (exact) mass is 1510 g/mol. The molecule has 0 amide bonds. The van der Waals surface area contributed by atoms with Gasteiger partial charge in [0, 0.05) is 61.4 Å². The minimum Gasteiger partial charge on any atom is -0.311 e.